The largest absolute Gasteiger partial charge is 0.493 e. The first-order valence-corrected chi connectivity index (χ1v) is 22.3. The lowest BCUT2D eigenvalue weighted by atomic mass is 9.85. The molecular weight excluding hydrogens is 771 g/mol. The number of halogens is 2. The number of nitrogens with one attached hydrogen (secondary N) is 2. The molecule has 1 aromatic carbocycles. The van der Waals surface area contributed by atoms with Gasteiger partial charge in [-0.25, -0.2) is 9.37 Å². The highest BCUT2D eigenvalue weighted by Crippen LogP contribution is 2.40. The van der Waals surface area contributed by atoms with Crippen molar-refractivity contribution in [3.05, 3.63) is 35.0 Å². The Bertz CT molecular complexity index is 1500. The minimum Gasteiger partial charge on any atom is -0.493 e. The lowest BCUT2D eigenvalue weighted by Gasteiger charge is -2.35. The minimum atomic E-state index is -1.94. The van der Waals surface area contributed by atoms with Crippen LogP contribution in [0.2, 0.25) is 0 Å². The Morgan fingerprint density at radius 2 is 1.59 bits per heavy atom. The van der Waals surface area contributed by atoms with Crippen molar-refractivity contribution >= 4 is 45.0 Å². The van der Waals surface area contributed by atoms with E-state index >= 15 is 0 Å². The van der Waals surface area contributed by atoms with Crippen LogP contribution in [-0.4, -0.2) is 75.1 Å². The SMILES string of the molecule is Cc1ncsc1-c1ccc(CNC(=O)[C@@H]2C[C@@H](O)CN2C(=O)C(NC(=O)C2(F)CC2)C(C)(C)C)c(OCCCCCCCCCCCCCCCCBr)c1. The molecule has 3 N–H and O–H groups in total. The molecule has 1 aromatic heterocycles. The van der Waals surface area contributed by atoms with Gasteiger partial charge in [-0.3, -0.25) is 14.4 Å². The van der Waals surface area contributed by atoms with Crippen LogP contribution in [0.5, 0.6) is 5.75 Å². The standard InChI is InChI=1S/C42H64BrFN4O5S/c1-30-36(54-29-46-30)31-19-20-32(35(25-31)53-24-18-16-14-12-10-8-6-5-7-9-11-13-15-17-23-43)27-45-38(50)34-26-33(49)28-48(34)39(51)37(41(2,3)4)47-40(52)42(44)21-22-42/h19-20,25,29,33-34,37,49H,5-18,21-24,26-28H2,1-4H3,(H,45,50)(H,47,52)/t33-,34+,37?/m1/s1. The Morgan fingerprint density at radius 3 is 2.13 bits per heavy atom. The van der Waals surface area contributed by atoms with Gasteiger partial charge in [-0.05, 0) is 49.7 Å². The van der Waals surface area contributed by atoms with E-state index < -0.39 is 47.0 Å². The molecule has 9 nitrogen and oxygen atoms in total. The third kappa shape index (κ3) is 13.6. The number of β-amino-alcohol motifs (C(OH)–C–C–N with tert-alkyl or cyclic N) is 1. The normalized spacial score (nSPS) is 18.4. The zero-order valence-electron chi connectivity index (χ0n) is 33.0. The fourth-order valence-corrected chi connectivity index (χ4v) is 8.27. The molecule has 1 saturated carbocycles. The first-order valence-electron chi connectivity index (χ1n) is 20.3. The number of hydrogen-bond acceptors (Lipinski definition) is 7. The molecule has 54 heavy (non-hydrogen) atoms. The van der Waals surface area contributed by atoms with Gasteiger partial charge < -0.3 is 25.4 Å². The number of amides is 3. The van der Waals surface area contributed by atoms with E-state index in [1.807, 2.05) is 30.6 Å². The molecule has 4 rings (SSSR count). The van der Waals surface area contributed by atoms with Crippen molar-refractivity contribution < 1.29 is 28.6 Å². The summed E-state index contributed by atoms with van der Waals surface area (Å²) < 4.78 is 20.9. The molecule has 1 unspecified atom stereocenters. The number of hydrogen-bond donors (Lipinski definition) is 3. The first-order chi connectivity index (χ1) is 25.8. The van der Waals surface area contributed by atoms with Crippen LogP contribution in [0.3, 0.4) is 0 Å². The van der Waals surface area contributed by atoms with Gasteiger partial charge in [0.2, 0.25) is 11.8 Å². The summed E-state index contributed by atoms with van der Waals surface area (Å²) >= 11 is 5.08. The third-order valence-corrected chi connectivity index (χ3v) is 12.2. The maximum atomic E-state index is 14.6. The topological polar surface area (TPSA) is 121 Å². The van der Waals surface area contributed by atoms with Gasteiger partial charge in [0.1, 0.15) is 17.8 Å². The second-order valence-electron chi connectivity index (χ2n) is 16.4. The van der Waals surface area contributed by atoms with Gasteiger partial charge in [0.25, 0.3) is 5.91 Å². The molecule has 0 spiro atoms. The van der Waals surface area contributed by atoms with Crippen LogP contribution in [0.4, 0.5) is 4.39 Å². The van der Waals surface area contributed by atoms with E-state index in [0.29, 0.717) is 12.4 Å². The Kier molecular flexibility index (Phi) is 17.7. The summed E-state index contributed by atoms with van der Waals surface area (Å²) in [5, 5.41) is 17.3. The highest BCUT2D eigenvalue weighted by atomic mass is 79.9. The van der Waals surface area contributed by atoms with E-state index in [2.05, 4.69) is 31.5 Å². The van der Waals surface area contributed by atoms with Crippen LogP contribution >= 0.6 is 27.3 Å². The molecule has 0 bridgehead atoms. The Morgan fingerprint density at radius 1 is 1.00 bits per heavy atom. The van der Waals surface area contributed by atoms with Gasteiger partial charge >= 0.3 is 0 Å². The maximum Gasteiger partial charge on any atom is 0.258 e. The van der Waals surface area contributed by atoms with Crippen molar-refractivity contribution in [3.8, 4) is 16.2 Å². The highest BCUT2D eigenvalue weighted by Gasteiger charge is 2.53. The molecule has 2 heterocycles. The fraction of sp³-hybridized carbons (Fsp3) is 0.714. The number of carbonyl (C=O) groups is 3. The van der Waals surface area contributed by atoms with Gasteiger partial charge in [0.05, 0.1) is 28.8 Å². The van der Waals surface area contributed by atoms with E-state index in [9.17, 15) is 23.9 Å². The number of carbonyl (C=O) groups excluding carboxylic acids is 3. The molecule has 1 saturated heterocycles. The monoisotopic (exact) mass is 834 g/mol. The van der Waals surface area contributed by atoms with Gasteiger partial charge in [0.15, 0.2) is 5.67 Å². The van der Waals surface area contributed by atoms with Crippen molar-refractivity contribution in [1.82, 2.24) is 20.5 Å². The van der Waals surface area contributed by atoms with Crippen molar-refractivity contribution in [3.63, 3.8) is 0 Å². The Balaban J connectivity index is 1.27. The van der Waals surface area contributed by atoms with Crippen LogP contribution in [0, 0.1) is 12.3 Å². The van der Waals surface area contributed by atoms with Gasteiger partial charge in [0, 0.05) is 30.4 Å². The van der Waals surface area contributed by atoms with E-state index in [1.54, 1.807) is 32.1 Å². The number of ether oxygens (including phenoxy) is 1. The van der Waals surface area contributed by atoms with Gasteiger partial charge in [-0.2, -0.15) is 0 Å². The van der Waals surface area contributed by atoms with Gasteiger partial charge in [-0.15, -0.1) is 11.3 Å². The van der Waals surface area contributed by atoms with Crippen molar-refractivity contribution in [2.45, 2.75) is 167 Å². The third-order valence-electron chi connectivity index (χ3n) is 10.7. The quantitative estimate of drug-likeness (QED) is 0.0718. The lowest BCUT2D eigenvalue weighted by Crippen LogP contribution is -2.59. The first kappa shape index (κ1) is 44.1. The number of aryl methyl sites for hydroxylation is 1. The van der Waals surface area contributed by atoms with E-state index in [4.69, 9.17) is 4.74 Å². The molecule has 12 heteroatoms. The summed E-state index contributed by atoms with van der Waals surface area (Å²) in [6.45, 7) is 8.03. The van der Waals surface area contributed by atoms with Crippen LogP contribution in [0.15, 0.2) is 23.7 Å². The van der Waals surface area contributed by atoms with Crippen molar-refractivity contribution in [2.24, 2.45) is 5.41 Å². The maximum absolute atomic E-state index is 14.6. The van der Waals surface area contributed by atoms with E-state index in [1.165, 1.54) is 81.9 Å². The molecular formula is C42H64BrFN4O5S. The Hall–Kier alpha value is -2.57. The second-order valence-corrected chi connectivity index (χ2v) is 18.1. The molecule has 0 radical (unpaired) electrons. The van der Waals surface area contributed by atoms with Gasteiger partial charge in [-0.1, -0.05) is 126 Å². The number of benzene rings is 1. The summed E-state index contributed by atoms with van der Waals surface area (Å²) in [6, 6.07) is 3.98. The van der Waals surface area contributed by atoms with Crippen molar-refractivity contribution in [2.75, 3.05) is 18.5 Å². The number of aliphatic hydroxyl groups is 1. The zero-order valence-corrected chi connectivity index (χ0v) is 35.4. The summed E-state index contributed by atoms with van der Waals surface area (Å²) in [5.74, 6) is -1.02. The summed E-state index contributed by atoms with van der Waals surface area (Å²) in [6.07, 6.45) is 17.3. The number of likely N-dealkylation sites (tertiary alicyclic amines) is 1. The van der Waals surface area contributed by atoms with E-state index in [0.717, 1.165) is 39.9 Å². The number of thiazole rings is 1. The van der Waals surface area contributed by atoms with Crippen molar-refractivity contribution in [1.29, 1.82) is 0 Å². The molecule has 2 aromatic rings. The number of unbranched alkanes of at least 4 members (excludes halogenated alkanes) is 13. The number of nitrogens with zero attached hydrogens (tertiary/aromatic N) is 2. The fourth-order valence-electron chi connectivity index (χ4n) is 7.07. The predicted molar refractivity (Wildman–Crippen MR) is 219 cm³/mol. The molecule has 3 amide bonds. The average Bonchev–Trinajstić information content (AvgIpc) is 3.54. The van der Waals surface area contributed by atoms with E-state index in [-0.39, 0.29) is 32.4 Å². The molecule has 1 aliphatic heterocycles. The molecule has 3 atom stereocenters. The molecule has 2 aliphatic rings. The van der Waals surface area contributed by atoms with Crippen LogP contribution in [0.1, 0.15) is 141 Å². The molecule has 302 valence electrons. The predicted octanol–water partition coefficient (Wildman–Crippen LogP) is 8.96. The summed E-state index contributed by atoms with van der Waals surface area (Å²) in [4.78, 5) is 46.9. The smallest absolute Gasteiger partial charge is 0.258 e. The van der Waals surface area contributed by atoms with Crippen LogP contribution < -0.4 is 15.4 Å². The average molecular weight is 836 g/mol. The number of rotatable bonds is 24. The van der Waals surface area contributed by atoms with Crippen LogP contribution in [-0.2, 0) is 20.9 Å². The summed E-state index contributed by atoms with van der Waals surface area (Å²) in [5.41, 5.74) is 1.89. The number of aliphatic hydroxyl groups excluding tert-OH is 1. The minimum absolute atomic E-state index is 0.0461. The molecule has 1 aliphatic carbocycles. The Labute approximate surface area is 335 Å². The number of aromatic nitrogens is 1. The number of alkyl halides is 2. The highest BCUT2D eigenvalue weighted by molar-refractivity contribution is 9.09. The molecule has 2 fully saturated rings. The zero-order chi connectivity index (χ0) is 39.1. The lowest BCUT2D eigenvalue weighted by molar-refractivity contribution is -0.145. The van der Waals surface area contributed by atoms with Crippen LogP contribution in [0.25, 0.3) is 10.4 Å². The summed E-state index contributed by atoms with van der Waals surface area (Å²) in [7, 11) is 0. The second kappa shape index (κ2) is 21.7.